The Kier molecular flexibility index (Phi) is 2.60. The fourth-order valence-corrected chi connectivity index (χ4v) is 1.43. The van der Waals surface area contributed by atoms with Gasteiger partial charge in [-0.3, -0.25) is 0 Å². The molecule has 0 saturated carbocycles. The van der Waals surface area contributed by atoms with Crippen molar-refractivity contribution < 1.29 is 9.47 Å². The van der Waals surface area contributed by atoms with Crippen LogP contribution in [0.25, 0.3) is 0 Å². The third-order valence-corrected chi connectivity index (χ3v) is 2.16. The molecule has 72 valence electrons. The van der Waals surface area contributed by atoms with Crippen LogP contribution in [0, 0.1) is 11.8 Å². The summed E-state index contributed by atoms with van der Waals surface area (Å²) in [5.74, 6) is 7.41. The molecule has 0 aromatic heterocycles. The lowest BCUT2D eigenvalue weighted by Gasteiger charge is -2.04. The molecule has 0 amide bonds. The standard InChI is InChI=1S/C12H12O2/c1-2-3-7-13-11-5-4-10-6-8-14-12(10)9-11/h4-5,9H,6-8H2,1H3. The number of hydrogen-bond donors (Lipinski definition) is 0. The van der Waals surface area contributed by atoms with Crippen molar-refractivity contribution >= 4 is 0 Å². The highest BCUT2D eigenvalue weighted by molar-refractivity contribution is 5.42. The molecule has 1 aromatic rings. The topological polar surface area (TPSA) is 18.5 Å². The maximum atomic E-state index is 5.43. The second-order valence-corrected chi connectivity index (χ2v) is 3.08. The summed E-state index contributed by atoms with van der Waals surface area (Å²) in [7, 11) is 0. The predicted molar refractivity (Wildman–Crippen MR) is 54.6 cm³/mol. The highest BCUT2D eigenvalue weighted by Gasteiger charge is 2.11. The first-order valence-corrected chi connectivity index (χ1v) is 4.68. The van der Waals surface area contributed by atoms with Crippen LogP contribution in [-0.2, 0) is 6.42 Å². The highest BCUT2D eigenvalue weighted by atomic mass is 16.5. The van der Waals surface area contributed by atoms with Gasteiger partial charge < -0.3 is 9.47 Å². The van der Waals surface area contributed by atoms with E-state index in [0.29, 0.717) is 6.61 Å². The molecule has 1 aliphatic rings. The molecule has 0 radical (unpaired) electrons. The monoisotopic (exact) mass is 188 g/mol. The Morgan fingerprint density at radius 2 is 2.43 bits per heavy atom. The first kappa shape index (κ1) is 8.96. The van der Waals surface area contributed by atoms with Gasteiger partial charge in [0.15, 0.2) is 0 Å². The van der Waals surface area contributed by atoms with Gasteiger partial charge in [0.2, 0.25) is 0 Å². The van der Waals surface area contributed by atoms with E-state index < -0.39 is 0 Å². The number of hydrogen-bond acceptors (Lipinski definition) is 2. The van der Waals surface area contributed by atoms with Gasteiger partial charge in [-0.1, -0.05) is 12.0 Å². The van der Waals surface area contributed by atoms with E-state index in [2.05, 4.69) is 17.9 Å². The van der Waals surface area contributed by atoms with E-state index in [0.717, 1.165) is 24.5 Å². The van der Waals surface area contributed by atoms with Crippen molar-refractivity contribution in [1.29, 1.82) is 0 Å². The average molecular weight is 188 g/mol. The van der Waals surface area contributed by atoms with Gasteiger partial charge in [-0.25, -0.2) is 0 Å². The molecular formula is C12H12O2. The minimum absolute atomic E-state index is 0.440. The van der Waals surface area contributed by atoms with Crippen LogP contribution in [-0.4, -0.2) is 13.2 Å². The molecule has 0 saturated heterocycles. The Bertz CT molecular complexity index is 385. The van der Waals surface area contributed by atoms with E-state index in [9.17, 15) is 0 Å². The zero-order chi connectivity index (χ0) is 9.80. The van der Waals surface area contributed by atoms with Crippen LogP contribution in [0.2, 0.25) is 0 Å². The van der Waals surface area contributed by atoms with Crippen LogP contribution >= 0.6 is 0 Å². The van der Waals surface area contributed by atoms with Crippen LogP contribution in [0.15, 0.2) is 18.2 Å². The quantitative estimate of drug-likeness (QED) is 0.661. The van der Waals surface area contributed by atoms with Crippen LogP contribution in [0.3, 0.4) is 0 Å². The second-order valence-electron chi connectivity index (χ2n) is 3.08. The van der Waals surface area contributed by atoms with Crippen molar-refractivity contribution in [1.82, 2.24) is 0 Å². The summed E-state index contributed by atoms with van der Waals surface area (Å²) < 4.78 is 10.8. The fourth-order valence-electron chi connectivity index (χ4n) is 1.43. The molecule has 0 aliphatic carbocycles. The van der Waals surface area contributed by atoms with Crippen molar-refractivity contribution in [3.05, 3.63) is 23.8 Å². The first-order chi connectivity index (χ1) is 6.90. The van der Waals surface area contributed by atoms with E-state index in [-0.39, 0.29) is 0 Å². The van der Waals surface area contributed by atoms with Crippen LogP contribution in [0.5, 0.6) is 11.5 Å². The van der Waals surface area contributed by atoms with Crippen LogP contribution in [0.1, 0.15) is 12.5 Å². The SMILES string of the molecule is CC#CCOc1ccc2c(c1)OCC2. The summed E-state index contributed by atoms with van der Waals surface area (Å²) in [5, 5.41) is 0. The molecule has 1 aliphatic heterocycles. The van der Waals surface area contributed by atoms with E-state index in [1.54, 1.807) is 6.92 Å². The second kappa shape index (κ2) is 4.06. The van der Waals surface area contributed by atoms with Crippen molar-refractivity contribution in [2.75, 3.05) is 13.2 Å². The van der Waals surface area contributed by atoms with Crippen molar-refractivity contribution in [2.45, 2.75) is 13.3 Å². The zero-order valence-electron chi connectivity index (χ0n) is 8.17. The summed E-state index contributed by atoms with van der Waals surface area (Å²) in [6.07, 6.45) is 1.00. The van der Waals surface area contributed by atoms with Crippen LogP contribution in [0.4, 0.5) is 0 Å². The molecule has 14 heavy (non-hydrogen) atoms. The maximum absolute atomic E-state index is 5.43. The van der Waals surface area contributed by atoms with E-state index >= 15 is 0 Å². The Morgan fingerprint density at radius 3 is 3.29 bits per heavy atom. The minimum Gasteiger partial charge on any atom is -0.493 e. The number of rotatable bonds is 2. The molecule has 0 spiro atoms. The van der Waals surface area contributed by atoms with Gasteiger partial charge in [0.05, 0.1) is 6.61 Å². The lowest BCUT2D eigenvalue weighted by molar-refractivity contribution is 0.346. The summed E-state index contributed by atoms with van der Waals surface area (Å²) in [6, 6.07) is 5.95. The average Bonchev–Trinajstić information content (AvgIpc) is 2.65. The van der Waals surface area contributed by atoms with Gasteiger partial charge in [0.25, 0.3) is 0 Å². The third kappa shape index (κ3) is 1.82. The first-order valence-electron chi connectivity index (χ1n) is 4.68. The maximum Gasteiger partial charge on any atom is 0.149 e. The Labute approximate surface area is 83.8 Å². The Balaban J connectivity index is 2.07. The fraction of sp³-hybridized carbons (Fsp3) is 0.333. The Morgan fingerprint density at radius 1 is 1.50 bits per heavy atom. The minimum atomic E-state index is 0.440. The highest BCUT2D eigenvalue weighted by Crippen LogP contribution is 2.29. The van der Waals surface area contributed by atoms with E-state index in [1.165, 1.54) is 5.56 Å². The summed E-state index contributed by atoms with van der Waals surface area (Å²) >= 11 is 0. The molecule has 1 heterocycles. The summed E-state index contributed by atoms with van der Waals surface area (Å²) in [5.41, 5.74) is 1.26. The zero-order valence-corrected chi connectivity index (χ0v) is 8.17. The van der Waals surface area contributed by atoms with Gasteiger partial charge in [-0.05, 0) is 18.6 Å². The van der Waals surface area contributed by atoms with Gasteiger partial charge >= 0.3 is 0 Å². The lowest BCUT2D eigenvalue weighted by atomic mass is 10.2. The smallest absolute Gasteiger partial charge is 0.149 e. The van der Waals surface area contributed by atoms with Gasteiger partial charge in [0.1, 0.15) is 18.1 Å². The molecule has 0 fully saturated rings. The third-order valence-electron chi connectivity index (χ3n) is 2.16. The van der Waals surface area contributed by atoms with Crippen molar-refractivity contribution in [3.63, 3.8) is 0 Å². The molecule has 0 atom stereocenters. The largest absolute Gasteiger partial charge is 0.493 e. The summed E-state index contributed by atoms with van der Waals surface area (Å²) in [4.78, 5) is 0. The van der Waals surface area contributed by atoms with Gasteiger partial charge in [0, 0.05) is 12.5 Å². The van der Waals surface area contributed by atoms with Crippen LogP contribution < -0.4 is 9.47 Å². The van der Waals surface area contributed by atoms with E-state index in [4.69, 9.17) is 9.47 Å². The number of fused-ring (bicyclic) bond motifs is 1. The molecule has 0 N–H and O–H groups in total. The molecule has 0 unspecified atom stereocenters. The lowest BCUT2D eigenvalue weighted by Crippen LogP contribution is -1.93. The van der Waals surface area contributed by atoms with Crippen molar-refractivity contribution in [2.24, 2.45) is 0 Å². The number of ether oxygens (including phenoxy) is 2. The molecule has 2 nitrogen and oxygen atoms in total. The van der Waals surface area contributed by atoms with E-state index in [1.807, 2.05) is 12.1 Å². The Hall–Kier alpha value is -1.62. The van der Waals surface area contributed by atoms with Gasteiger partial charge in [-0.15, -0.1) is 5.92 Å². The predicted octanol–water partition coefficient (Wildman–Crippen LogP) is 2.02. The van der Waals surface area contributed by atoms with Crippen molar-refractivity contribution in [3.8, 4) is 23.3 Å². The molecular weight excluding hydrogens is 176 g/mol. The number of benzene rings is 1. The molecule has 0 bridgehead atoms. The molecule has 2 rings (SSSR count). The summed E-state index contributed by atoms with van der Waals surface area (Å²) in [6.45, 7) is 3.03. The van der Waals surface area contributed by atoms with Gasteiger partial charge in [-0.2, -0.15) is 0 Å². The normalized spacial score (nSPS) is 12.4. The molecule has 1 aromatic carbocycles. The molecule has 2 heteroatoms.